The van der Waals surface area contributed by atoms with Crippen LogP contribution in [0.1, 0.15) is 103 Å². The number of amides is 2. The number of carbonyl (C=O) groups excluding carboxylic acids is 2. The molecule has 0 fully saturated rings. The number of hydrogen-bond donors (Lipinski definition) is 3. The lowest BCUT2D eigenvalue weighted by atomic mass is 10.0. The van der Waals surface area contributed by atoms with Crippen LogP contribution >= 0.6 is 0 Å². The highest BCUT2D eigenvalue weighted by atomic mass is 16.5. The number of hydrogen-bond acceptors (Lipinski definition) is 5. The molecule has 0 aliphatic rings. The van der Waals surface area contributed by atoms with Gasteiger partial charge < -0.3 is 20.5 Å². The van der Waals surface area contributed by atoms with Crippen LogP contribution in [-0.2, 0) is 9.59 Å². The number of nitriles is 1. The zero-order valence-electron chi connectivity index (χ0n) is 22.9. The van der Waals surface area contributed by atoms with Crippen molar-refractivity contribution in [3.8, 4) is 17.6 Å². The van der Waals surface area contributed by atoms with E-state index in [4.69, 9.17) is 4.74 Å². The lowest BCUT2D eigenvalue weighted by molar-refractivity contribution is -0.123. The Morgan fingerprint density at radius 3 is 2.18 bits per heavy atom. The molecular weight excluding hydrogens is 478 g/mol. The number of phenols is 1. The molecule has 3 N–H and O–H groups in total. The lowest BCUT2D eigenvalue weighted by Gasteiger charge is -2.20. The van der Waals surface area contributed by atoms with Crippen molar-refractivity contribution in [1.82, 2.24) is 0 Å². The molecule has 0 heterocycles. The number of rotatable bonds is 18. The van der Waals surface area contributed by atoms with E-state index < -0.39 is 6.10 Å². The van der Waals surface area contributed by atoms with Crippen LogP contribution in [0.2, 0.25) is 0 Å². The first-order valence-corrected chi connectivity index (χ1v) is 14.1. The second kappa shape index (κ2) is 17.8. The number of para-hydroxylation sites is 1. The zero-order chi connectivity index (χ0) is 27.6. The fraction of sp³-hybridized carbons (Fsp3) is 0.516. The van der Waals surface area contributed by atoms with Gasteiger partial charge in [0.2, 0.25) is 5.91 Å². The van der Waals surface area contributed by atoms with Gasteiger partial charge in [0.25, 0.3) is 5.91 Å². The standard InChI is InChI=1S/C31H43N3O4/c1-3-5-6-7-8-9-10-11-12-13-19-29(38-28-18-15-14-17-24(28)23-32)31(37)33-25-20-21-26(27(35)22-25)34-30(36)16-4-2/h14-15,17-18,20-22,29,35H,3-13,16,19H2,1-2H3,(H,33,37)(H,34,36). The van der Waals surface area contributed by atoms with Crippen molar-refractivity contribution in [3.05, 3.63) is 48.0 Å². The summed E-state index contributed by atoms with van der Waals surface area (Å²) in [6.07, 6.45) is 12.7. The molecule has 2 amide bonds. The van der Waals surface area contributed by atoms with E-state index in [0.29, 0.717) is 42.0 Å². The van der Waals surface area contributed by atoms with E-state index in [-0.39, 0.29) is 17.6 Å². The maximum Gasteiger partial charge on any atom is 0.265 e. The average molecular weight is 522 g/mol. The number of carbonyl (C=O) groups is 2. The first kappa shape index (κ1) is 30.7. The fourth-order valence-corrected chi connectivity index (χ4v) is 4.25. The summed E-state index contributed by atoms with van der Waals surface area (Å²) in [5.74, 6) is -0.287. The van der Waals surface area contributed by atoms with Crippen molar-refractivity contribution in [2.45, 2.75) is 103 Å². The second-order valence-corrected chi connectivity index (χ2v) is 9.70. The summed E-state index contributed by atoms with van der Waals surface area (Å²) < 4.78 is 6.03. The summed E-state index contributed by atoms with van der Waals surface area (Å²) in [4.78, 5) is 25.0. The predicted octanol–water partition coefficient (Wildman–Crippen LogP) is 7.70. The third kappa shape index (κ3) is 11.2. The number of unbranched alkanes of at least 4 members (excludes halogenated alkanes) is 9. The zero-order valence-corrected chi connectivity index (χ0v) is 22.9. The van der Waals surface area contributed by atoms with Gasteiger partial charge in [-0.2, -0.15) is 5.26 Å². The molecule has 0 aliphatic carbocycles. The molecule has 0 radical (unpaired) electrons. The molecule has 2 aromatic carbocycles. The quantitative estimate of drug-likeness (QED) is 0.137. The van der Waals surface area contributed by atoms with E-state index >= 15 is 0 Å². The minimum Gasteiger partial charge on any atom is -0.506 e. The third-order valence-corrected chi connectivity index (χ3v) is 6.41. The summed E-state index contributed by atoms with van der Waals surface area (Å²) in [5, 5.41) is 25.2. The maximum atomic E-state index is 13.2. The Kier molecular flexibility index (Phi) is 14.4. The molecule has 2 rings (SSSR count). The second-order valence-electron chi connectivity index (χ2n) is 9.70. The maximum absolute atomic E-state index is 13.2. The summed E-state index contributed by atoms with van der Waals surface area (Å²) in [5.41, 5.74) is 1.06. The summed E-state index contributed by atoms with van der Waals surface area (Å²) >= 11 is 0. The topological polar surface area (TPSA) is 111 Å². The number of ether oxygens (including phenoxy) is 1. The average Bonchev–Trinajstić information content (AvgIpc) is 2.91. The highest BCUT2D eigenvalue weighted by molar-refractivity contribution is 5.96. The molecule has 0 saturated heterocycles. The molecule has 0 spiro atoms. The Morgan fingerprint density at radius 1 is 0.895 bits per heavy atom. The molecule has 7 nitrogen and oxygen atoms in total. The van der Waals surface area contributed by atoms with Gasteiger partial charge in [0.05, 0.1) is 11.3 Å². The monoisotopic (exact) mass is 521 g/mol. The Balaban J connectivity index is 1.96. The lowest BCUT2D eigenvalue weighted by Crippen LogP contribution is -2.33. The van der Waals surface area contributed by atoms with Crippen LogP contribution in [-0.4, -0.2) is 23.0 Å². The van der Waals surface area contributed by atoms with E-state index in [1.165, 1.54) is 51.0 Å². The van der Waals surface area contributed by atoms with Crippen molar-refractivity contribution >= 4 is 23.2 Å². The first-order valence-electron chi connectivity index (χ1n) is 14.1. The van der Waals surface area contributed by atoms with Crippen molar-refractivity contribution in [2.75, 3.05) is 10.6 Å². The molecule has 1 unspecified atom stereocenters. The van der Waals surface area contributed by atoms with Crippen LogP contribution in [0.25, 0.3) is 0 Å². The highest BCUT2D eigenvalue weighted by Crippen LogP contribution is 2.28. The van der Waals surface area contributed by atoms with Gasteiger partial charge >= 0.3 is 0 Å². The van der Waals surface area contributed by atoms with Gasteiger partial charge in [0.1, 0.15) is 17.6 Å². The van der Waals surface area contributed by atoms with Crippen LogP contribution in [0.5, 0.6) is 11.5 Å². The molecule has 38 heavy (non-hydrogen) atoms. The Hall–Kier alpha value is -3.53. The number of benzene rings is 2. The number of phenolic OH excluding ortho intramolecular Hbond substituents is 1. The molecule has 1 atom stereocenters. The van der Waals surface area contributed by atoms with E-state index in [9.17, 15) is 20.0 Å². The Morgan fingerprint density at radius 2 is 1.55 bits per heavy atom. The van der Waals surface area contributed by atoms with Gasteiger partial charge in [-0.3, -0.25) is 9.59 Å². The van der Waals surface area contributed by atoms with Gasteiger partial charge in [-0.15, -0.1) is 0 Å². The molecular formula is C31H43N3O4. The van der Waals surface area contributed by atoms with E-state index in [1.54, 1.807) is 36.4 Å². The van der Waals surface area contributed by atoms with Crippen LogP contribution < -0.4 is 15.4 Å². The molecule has 0 aliphatic heterocycles. The third-order valence-electron chi connectivity index (χ3n) is 6.41. The Bertz CT molecular complexity index is 1050. The van der Waals surface area contributed by atoms with E-state index in [0.717, 1.165) is 19.3 Å². The van der Waals surface area contributed by atoms with E-state index in [2.05, 4.69) is 23.6 Å². The molecule has 0 aromatic heterocycles. The fourth-order valence-electron chi connectivity index (χ4n) is 4.25. The largest absolute Gasteiger partial charge is 0.506 e. The Labute approximate surface area is 227 Å². The first-order chi connectivity index (χ1) is 18.5. The van der Waals surface area contributed by atoms with Crippen molar-refractivity contribution in [2.24, 2.45) is 0 Å². The number of anilines is 2. The van der Waals surface area contributed by atoms with E-state index in [1.807, 2.05) is 6.92 Å². The number of aromatic hydroxyl groups is 1. The molecule has 0 saturated carbocycles. The number of nitrogens with zero attached hydrogens (tertiary/aromatic N) is 1. The minimum atomic E-state index is -0.787. The van der Waals surface area contributed by atoms with Gasteiger partial charge in [-0.05, 0) is 43.5 Å². The SMILES string of the molecule is CCCCCCCCCCCCC(Oc1ccccc1C#N)C(=O)Nc1ccc(NC(=O)CCC)c(O)c1. The normalized spacial score (nSPS) is 11.4. The van der Waals surface area contributed by atoms with Gasteiger partial charge in [-0.1, -0.05) is 83.8 Å². The summed E-state index contributed by atoms with van der Waals surface area (Å²) in [6.45, 7) is 4.13. The van der Waals surface area contributed by atoms with Crippen molar-refractivity contribution < 1.29 is 19.4 Å². The molecule has 2 aromatic rings. The van der Waals surface area contributed by atoms with Crippen LogP contribution in [0, 0.1) is 11.3 Å². The van der Waals surface area contributed by atoms with Crippen LogP contribution in [0.3, 0.4) is 0 Å². The molecule has 7 heteroatoms. The van der Waals surface area contributed by atoms with Gasteiger partial charge in [0, 0.05) is 18.2 Å². The molecule has 0 bridgehead atoms. The van der Waals surface area contributed by atoms with Crippen LogP contribution in [0.15, 0.2) is 42.5 Å². The number of nitrogens with one attached hydrogen (secondary N) is 2. The minimum absolute atomic E-state index is 0.130. The highest BCUT2D eigenvalue weighted by Gasteiger charge is 2.22. The van der Waals surface area contributed by atoms with Gasteiger partial charge in [0.15, 0.2) is 6.10 Å². The smallest absolute Gasteiger partial charge is 0.265 e. The summed E-state index contributed by atoms with van der Waals surface area (Å²) in [7, 11) is 0. The van der Waals surface area contributed by atoms with Crippen LogP contribution in [0.4, 0.5) is 11.4 Å². The summed E-state index contributed by atoms with van der Waals surface area (Å²) in [6, 6.07) is 13.6. The molecule has 206 valence electrons. The van der Waals surface area contributed by atoms with Gasteiger partial charge in [-0.25, -0.2) is 0 Å². The van der Waals surface area contributed by atoms with Crippen molar-refractivity contribution in [3.63, 3.8) is 0 Å². The van der Waals surface area contributed by atoms with Crippen molar-refractivity contribution in [1.29, 1.82) is 5.26 Å². The predicted molar refractivity (Wildman–Crippen MR) is 152 cm³/mol.